The van der Waals surface area contributed by atoms with Gasteiger partial charge >= 0.3 is 0 Å². The van der Waals surface area contributed by atoms with Gasteiger partial charge in [-0.3, -0.25) is 24.3 Å². The van der Waals surface area contributed by atoms with Gasteiger partial charge in [0.05, 0.1) is 23.8 Å². The number of carbonyl (C=O) groups excluding carboxylic acids is 2. The lowest BCUT2D eigenvalue weighted by Gasteiger charge is -2.12. The summed E-state index contributed by atoms with van der Waals surface area (Å²) in [4.78, 5) is 36.2. The van der Waals surface area contributed by atoms with Crippen LogP contribution in [0.3, 0.4) is 0 Å². The van der Waals surface area contributed by atoms with Gasteiger partial charge in [0.2, 0.25) is 5.91 Å². The van der Waals surface area contributed by atoms with E-state index >= 15 is 0 Å². The number of nitrogens with zero attached hydrogens (tertiary/aromatic N) is 4. The predicted molar refractivity (Wildman–Crippen MR) is 152 cm³/mol. The number of rotatable bonds is 11. The van der Waals surface area contributed by atoms with E-state index in [0.29, 0.717) is 40.3 Å². The average molecular weight is 561 g/mol. The SMILES string of the molecule is CCOc1ccc(-n2c(CNC(=O)c3ccc(C)c([N+](=O)[O-])c3)nnc2SCC(=O)Nc2cccc(C)c2)cc1. The summed E-state index contributed by atoms with van der Waals surface area (Å²) >= 11 is 1.20. The van der Waals surface area contributed by atoms with Crippen LogP contribution in [0.25, 0.3) is 5.69 Å². The van der Waals surface area contributed by atoms with Crippen LogP contribution in [-0.4, -0.2) is 43.9 Å². The molecule has 1 heterocycles. The first-order chi connectivity index (χ1) is 19.2. The maximum absolute atomic E-state index is 12.8. The van der Waals surface area contributed by atoms with Crippen LogP contribution >= 0.6 is 11.8 Å². The van der Waals surface area contributed by atoms with Crippen LogP contribution in [0.1, 0.15) is 34.2 Å². The van der Waals surface area contributed by atoms with Gasteiger partial charge < -0.3 is 15.4 Å². The van der Waals surface area contributed by atoms with Crippen LogP contribution < -0.4 is 15.4 Å². The summed E-state index contributed by atoms with van der Waals surface area (Å²) in [6.07, 6.45) is 0. The Morgan fingerprint density at radius 2 is 1.82 bits per heavy atom. The number of hydrogen-bond donors (Lipinski definition) is 2. The van der Waals surface area contributed by atoms with Crippen molar-refractivity contribution in [3.63, 3.8) is 0 Å². The van der Waals surface area contributed by atoms with E-state index in [4.69, 9.17) is 4.74 Å². The minimum Gasteiger partial charge on any atom is -0.494 e. The zero-order chi connectivity index (χ0) is 28.6. The van der Waals surface area contributed by atoms with Crippen LogP contribution in [0.4, 0.5) is 11.4 Å². The van der Waals surface area contributed by atoms with E-state index in [1.165, 1.54) is 30.0 Å². The summed E-state index contributed by atoms with van der Waals surface area (Å²) in [6.45, 7) is 5.98. The van der Waals surface area contributed by atoms with E-state index in [0.717, 1.165) is 5.56 Å². The van der Waals surface area contributed by atoms with Crippen molar-refractivity contribution in [1.82, 2.24) is 20.1 Å². The highest BCUT2D eigenvalue weighted by atomic mass is 32.2. The van der Waals surface area contributed by atoms with Crippen molar-refractivity contribution in [2.45, 2.75) is 32.5 Å². The van der Waals surface area contributed by atoms with Crippen molar-refractivity contribution in [3.8, 4) is 11.4 Å². The molecule has 0 fully saturated rings. The number of aromatic nitrogens is 3. The second-order valence-corrected chi connectivity index (χ2v) is 9.75. The molecule has 206 valence electrons. The summed E-state index contributed by atoms with van der Waals surface area (Å²) in [5.41, 5.74) is 2.95. The summed E-state index contributed by atoms with van der Waals surface area (Å²) in [5, 5.41) is 25.9. The standard InChI is InChI=1S/C28H28N6O5S/c1-4-39-23-12-10-22(11-13-23)33-25(16-29-27(36)20-9-8-19(3)24(15-20)34(37)38)31-32-28(33)40-17-26(35)30-21-7-5-6-18(2)14-21/h5-15H,4,16-17H2,1-3H3,(H,29,36)(H,30,35). The Morgan fingerprint density at radius 3 is 2.52 bits per heavy atom. The van der Waals surface area contributed by atoms with Gasteiger partial charge in [-0.15, -0.1) is 10.2 Å². The smallest absolute Gasteiger partial charge is 0.273 e. The molecule has 11 nitrogen and oxygen atoms in total. The van der Waals surface area contributed by atoms with Crippen molar-refractivity contribution in [2.75, 3.05) is 17.7 Å². The minimum atomic E-state index is -0.521. The van der Waals surface area contributed by atoms with Gasteiger partial charge in [-0.1, -0.05) is 30.0 Å². The lowest BCUT2D eigenvalue weighted by atomic mass is 10.1. The molecule has 40 heavy (non-hydrogen) atoms. The molecule has 2 N–H and O–H groups in total. The van der Waals surface area contributed by atoms with Crippen molar-refractivity contribution >= 4 is 35.0 Å². The van der Waals surface area contributed by atoms with Crippen LogP contribution in [0.2, 0.25) is 0 Å². The number of anilines is 1. The fourth-order valence-electron chi connectivity index (χ4n) is 3.88. The Kier molecular flexibility index (Phi) is 9.12. The van der Waals surface area contributed by atoms with Gasteiger partial charge in [0.1, 0.15) is 5.75 Å². The fourth-order valence-corrected chi connectivity index (χ4v) is 4.66. The zero-order valence-electron chi connectivity index (χ0n) is 22.2. The molecule has 0 aliphatic carbocycles. The molecule has 4 rings (SSSR count). The number of thioether (sulfide) groups is 1. The van der Waals surface area contributed by atoms with Crippen molar-refractivity contribution in [2.24, 2.45) is 0 Å². The second kappa shape index (κ2) is 12.9. The van der Waals surface area contributed by atoms with Crippen LogP contribution in [0, 0.1) is 24.0 Å². The molecule has 1 aromatic heterocycles. The van der Waals surface area contributed by atoms with Crippen molar-refractivity contribution in [1.29, 1.82) is 0 Å². The van der Waals surface area contributed by atoms with E-state index in [-0.39, 0.29) is 29.5 Å². The van der Waals surface area contributed by atoms with E-state index < -0.39 is 10.8 Å². The Labute approximate surface area is 235 Å². The number of benzene rings is 3. The summed E-state index contributed by atoms with van der Waals surface area (Å²) in [5.74, 6) is 0.508. The van der Waals surface area contributed by atoms with Gasteiger partial charge in [0.15, 0.2) is 11.0 Å². The molecule has 0 aliphatic heterocycles. The molecule has 0 atom stereocenters. The third kappa shape index (κ3) is 7.03. The minimum absolute atomic E-state index is 0.00321. The predicted octanol–water partition coefficient (Wildman–Crippen LogP) is 4.85. The largest absolute Gasteiger partial charge is 0.494 e. The summed E-state index contributed by atoms with van der Waals surface area (Å²) < 4.78 is 7.29. The highest BCUT2D eigenvalue weighted by Crippen LogP contribution is 2.25. The molecule has 0 saturated heterocycles. The van der Waals surface area contributed by atoms with E-state index in [1.807, 2.05) is 62.4 Å². The maximum Gasteiger partial charge on any atom is 0.273 e. The number of carbonyl (C=O) groups is 2. The third-order valence-corrected chi connectivity index (χ3v) is 6.74. The van der Waals surface area contributed by atoms with E-state index in [1.54, 1.807) is 11.5 Å². The van der Waals surface area contributed by atoms with Gasteiger partial charge in [-0.2, -0.15) is 0 Å². The van der Waals surface area contributed by atoms with Gasteiger partial charge in [0, 0.05) is 28.6 Å². The highest BCUT2D eigenvalue weighted by Gasteiger charge is 2.19. The van der Waals surface area contributed by atoms with Gasteiger partial charge in [0.25, 0.3) is 11.6 Å². The number of nitro benzene ring substituents is 1. The Bertz CT molecular complexity index is 1540. The number of nitrogens with one attached hydrogen (secondary N) is 2. The fraction of sp³-hybridized carbons (Fsp3) is 0.214. The first-order valence-electron chi connectivity index (χ1n) is 12.4. The third-order valence-electron chi connectivity index (χ3n) is 5.82. The second-order valence-electron chi connectivity index (χ2n) is 8.81. The molecule has 3 aromatic carbocycles. The molecule has 0 unspecified atom stereocenters. The topological polar surface area (TPSA) is 141 Å². The number of hydrogen-bond acceptors (Lipinski definition) is 8. The van der Waals surface area contributed by atoms with E-state index in [2.05, 4.69) is 20.8 Å². The first kappa shape index (κ1) is 28.3. The molecule has 0 bridgehead atoms. The molecule has 2 amide bonds. The molecular formula is C28H28N6O5S. The van der Waals surface area contributed by atoms with Crippen molar-refractivity contribution < 1.29 is 19.2 Å². The van der Waals surface area contributed by atoms with E-state index in [9.17, 15) is 19.7 Å². The van der Waals surface area contributed by atoms with Crippen LogP contribution in [0.5, 0.6) is 5.75 Å². The monoisotopic (exact) mass is 560 g/mol. The van der Waals surface area contributed by atoms with Crippen LogP contribution in [0.15, 0.2) is 71.9 Å². The number of aryl methyl sites for hydroxylation is 2. The van der Waals surface area contributed by atoms with Crippen molar-refractivity contribution in [3.05, 3.63) is 99.4 Å². The molecule has 0 aliphatic rings. The lowest BCUT2D eigenvalue weighted by molar-refractivity contribution is -0.385. The summed E-state index contributed by atoms with van der Waals surface area (Å²) in [6, 6.07) is 19.1. The molecule has 0 radical (unpaired) electrons. The zero-order valence-corrected chi connectivity index (χ0v) is 23.0. The molecular weight excluding hydrogens is 532 g/mol. The summed E-state index contributed by atoms with van der Waals surface area (Å²) in [7, 11) is 0. The Balaban J connectivity index is 1.53. The normalized spacial score (nSPS) is 10.7. The average Bonchev–Trinajstić information content (AvgIpc) is 3.34. The first-order valence-corrected chi connectivity index (χ1v) is 13.4. The van der Waals surface area contributed by atoms with Crippen LogP contribution in [-0.2, 0) is 11.3 Å². The molecule has 4 aromatic rings. The number of nitro groups is 1. The van der Waals surface area contributed by atoms with Gasteiger partial charge in [-0.25, -0.2) is 0 Å². The molecule has 0 spiro atoms. The Hall–Kier alpha value is -4.71. The number of amides is 2. The highest BCUT2D eigenvalue weighted by molar-refractivity contribution is 7.99. The molecule has 12 heteroatoms. The lowest BCUT2D eigenvalue weighted by Crippen LogP contribution is -2.25. The number of ether oxygens (including phenoxy) is 1. The maximum atomic E-state index is 12.8. The quantitative estimate of drug-likeness (QED) is 0.151. The molecule has 0 saturated carbocycles. The Morgan fingerprint density at radius 1 is 1.05 bits per heavy atom. The van der Waals surface area contributed by atoms with Gasteiger partial charge in [-0.05, 0) is 68.8 Å².